The van der Waals surface area contributed by atoms with Crippen LogP contribution in [0.15, 0.2) is 134 Å². The van der Waals surface area contributed by atoms with Crippen LogP contribution >= 0.6 is 0 Å². The van der Waals surface area contributed by atoms with E-state index >= 15 is 0 Å². The average molecular weight is 983 g/mol. The molecule has 0 aliphatic carbocycles. The monoisotopic (exact) mass is 983 g/mol. The van der Waals surface area contributed by atoms with Gasteiger partial charge in [-0.25, -0.2) is 0 Å². The molecule has 0 saturated carbocycles. The maximum atomic E-state index is 13.0. The van der Waals surface area contributed by atoms with Gasteiger partial charge in [0.1, 0.15) is 55.4 Å². The first-order valence-electron chi connectivity index (χ1n) is 24.8. The highest BCUT2D eigenvalue weighted by Gasteiger charge is 2.47. The molecule has 2 rings (SSSR count). The van der Waals surface area contributed by atoms with E-state index in [0.29, 0.717) is 19.3 Å². The second-order valence-electron chi connectivity index (χ2n) is 16.5. The summed E-state index contributed by atoms with van der Waals surface area (Å²) in [5, 5.41) is 72.0. The van der Waals surface area contributed by atoms with Crippen molar-refractivity contribution in [2.75, 3.05) is 26.4 Å². The number of aliphatic hydroxyl groups is 7. The zero-order valence-corrected chi connectivity index (χ0v) is 41.2. The van der Waals surface area contributed by atoms with E-state index in [1.54, 1.807) is 6.08 Å². The van der Waals surface area contributed by atoms with E-state index in [9.17, 15) is 45.3 Å². The molecular formula is C55H82O15. The van der Waals surface area contributed by atoms with Crippen molar-refractivity contribution in [1.29, 1.82) is 0 Å². The van der Waals surface area contributed by atoms with Crippen molar-refractivity contribution in [3.05, 3.63) is 134 Å². The van der Waals surface area contributed by atoms with Crippen LogP contribution in [0.3, 0.4) is 0 Å². The van der Waals surface area contributed by atoms with Gasteiger partial charge in [0.05, 0.1) is 26.2 Å². The van der Waals surface area contributed by atoms with Crippen molar-refractivity contribution < 1.29 is 73.8 Å². The van der Waals surface area contributed by atoms with E-state index in [0.717, 1.165) is 57.8 Å². The summed E-state index contributed by atoms with van der Waals surface area (Å²) in [5.74, 6) is -1.19. The molecule has 2 aliphatic heterocycles. The highest BCUT2D eigenvalue weighted by molar-refractivity contribution is 5.71. The molecule has 0 bridgehead atoms. The molecule has 15 heteroatoms. The van der Waals surface area contributed by atoms with Crippen LogP contribution in [0.4, 0.5) is 0 Å². The van der Waals surface area contributed by atoms with Gasteiger partial charge in [0, 0.05) is 6.42 Å². The van der Waals surface area contributed by atoms with Gasteiger partial charge in [0.15, 0.2) is 18.7 Å². The van der Waals surface area contributed by atoms with Crippen LogP contribution < -0.4 is 0 Å². The molecule has 2 saturated heterocycles. The second-order valence-corrected chi connectivity index (χ2v) is 16.5. The van der Waals surface area contributed by atoms with Gasteiger partial charge in [-0.2, -0.15) is 0 Å². The Hall–Kier alpha value is -4.36. The third kappa shape index (κ3) is 27.9. The Balaban J connectivity index is 1.90. The van der Waals surface area contributed by atoms with Crippen LogP contribution in [-0.4, -0.2) is 142 Å². The maximum absolute atomic E-state index is 13.0. The summed E-state index contributed by atoms with van der Waals surface area (Å²) in [7, 11) is 0. The number of carbonyl (C=O) groups is 2. The first kappa shape index (κ1) is 61.8. The second kappa shape index (κ2) is 40.3. The fraction of sp³-hybridized carbons (Fsp3) is 0.564. The van der Waals surface area contributed by atoms with Crippen LogP contribution in [0.5, 0.6) is 0 Å². The van der Waals surface area contributed by atoms with E-state index in [1.807, 2.05) is 36.5 Å². The molecule has 0 aromatic heterocycles. The highest BCUT2D eigenvalue weighted by Crippen LogP contribution is 2.26. The molecule has 70 heavy (non-hydrogen) atoms. The zero-order valence-electron chi connectivity index (χ0n) is 41.2. The SMILES string of the molecule is CC/C=C\C/C=C\C/C=C\C/C=C\C/C=C\C/C=C\CCC(=O)OC(COC(=O)C/C=C\C/C=C\C/C=C\C/C=C\C/C=C\CC)COC1OC(COC2OC(CO)C(O)C(O)C2O)C(O)C(O)C1O. The highest BCUT2D eigenvalue weighted by atomic mass is 16.7. The van der Waals surface area contributed by atoms with Crippen molar-refractivity contribution in [3.8, 4) is 0 Å². The number of esters is 2. The Kier molecular flexibility index (Phi) is 35.5. The Bertz CT molecular complexity index is 1720. The summed E-state index contributed by atoms with van der Waals surface area (Å²) in [6.07, 6.45) is 38.1. The summed E-state index contributed by atoms with van der Waals surface area (Å²) < 4.78 is 33.3. The lowest BCUT2D eigenvalue weighted by Crippen LogP contribution is -2.61. The Morgan fingerprint density at radius 2 is 0.843 bits per heavy atom. The van der Waals surface area contributed by atoms with Gasteiger partial charge in [-0.3, -0.25) is 9.59 Å². The Labute approximate surface area is 415 Å². The molecule has 2 aliphatic rings. The molecule has 0 amide bonds. The largest absolute Gasteiger partial charge is 0.461 e. The van der Waals surface area contributed by atoms with E-state index in [4.69, 9.17) is 28.4 Å². The molecule has 0 aromatic rings. The fourth-order valence-electron chi connectivity index (χ4n) is 6.67. The van der Waals surface area contributed by atoms with Crippen molar-refractivity contribution in [1.82, 2.24) is 0 Å². The minimum Gasteiger partial charge on any atom is -0.461 e. The minimum absolute atomic E-state index is 0.0114. The zero-order chi connectivity index (χ0) is 51.0. The minimum atomic E-state index is -1.80. The molecule has 11 unspecified atom stereocenters. The molecule has 15 nitrogen and oxygen atoms in total. The summed E-state index contributed by atoms with van der Waals surface area (Å²) in [6.45, 7) is 2.13. The predicted octanol–water partition coefficient (Wildman–Crippen LogP) is 6.70. The standard InChI is InChI=1S/C55H82O15/c1-3-5-7-9-11-13-15-17-19-20-21-22-24-26-28-30-32-34-36-38-47(58)68-43(40-65-46(57)37-35-33-31-29-27-25-23-18-16-14-12-10-8-6-4-2)41-66-54-53(64)51(62)49(60)45(70-54)42-67-55-52(63)50(61)48(59)44(39-56)69-55/h5-8,11-14,17-19,21-23,26-29,32-35,43-45,48-56,59-64H,3-4,9-10,15-16,20,24-25,30-31,36-42H2,1-2H3/b7-5-,8-6-,13-11-,14-12-,19-17-,22-21-,23-18-,28-26-,29-27-,34-32-,35-33-. The summed E-state index contributed by atoms with van der Waals surface area (Å²) in [5.41, 5.74) is 0. The van der Waals surface area contributed by atoms with Crippen molar-refractivity contribution in [2.45, 2.75) is 171 Å². The lowest BCUT2D eigenvalue weighted by Gasteiger charge is -2.42. The molecule has 0 aromatic carbocycles. The topological polar surface area (TPSA) is 231 Å². The van der Waals surface area contributed by atoms with Crippen LogP contribution in [0.1, 0.15) is 104 Å². The average Bonchev–Trinajstić information content (AvgIpc) is 3.35. The van der Waals surface area contributed by atoms with Crippen LogP contribution in [-0.2, 0) is 38.0 Å². The lowest BCUT2D eigenvalue weighted by atomic mass is 9.98. The summed E-state index contributed by atoms with van der Waals surface area (Å²) >= 11 is 0. The van der Waals surface area contributed by atoms with Gasteiger partial charge >= 0.3 is 11.9 Å². The molecule has 2 fully saturated rings. The van der Waals surface area contributed by atoms with Crippen LogP contribution in [0.2, 0.25) is 0 Å². The number of hydrogen-bond acceptors (Lipinski definition) is 15. The fourth-order valence-corrected chi connectivity index (χ4v) is 6.67. The third-order valence-electron chi connectivity index (χ3n) is 10.7. The van der Waals surface area contributed by atoms with E-state index in [2.05, 4.69) is 105 Å². The van der Waals surface area contributed by atoms with E-state index < -0.39 is 106 Å². The van der Waals surface area contributed by atoms with E-state index in [1.165, 1.54) is 0 Å². The predicted molar refractivity (Wildman–Crippen MR) is 270 cm³/mol. The van der Waals surface area contributed by atoms with Gasteiger partial charge in [0.25, 0.3) is 0 Å². The molecule has 2 heterocycles. The van der Waals surface area contributed by atoms with Gasteiger partial charge in [-0.1, -0.05) is 148 Å². The molecule has 392 valence electrons. The van der Waals surface area contributed by atoms with Crippen molar-refractivity contribution in [2.24, 2.45) is 0 Å². The van der Waals surface area contributed by atoms with Crippen LogP contribution in [0, 0.1) is 0 Å². The molecular weight excluding hydrogens is 901 g/mol. The van der Waals surface area contributed by atoms with Gasteiger partial charge in [0.2, 0.25) is 0 Å². The molecule has 0 spiro atoms. The molecule has 0 radical (unpaired) electrons. The number of aliphatic hydroxyl groups excluding tert-OH is 7. The number of allylic oxidation sites excluding steroid dienone is 21. The quantitative estimate of drug-likeness (QED) is 0.0259. The molecule has 11 atom stereocenters. The number of rotatable bonds is 35. The summed E-state index contributed by atoms with van der Waals surface area (Å²) in [4.78, 5) is 25.6. The van der Waals surface area contributed by atoms with Gasteiger partial charge < -0.3 is 64.2 Å². The number of carbonyl (C=O) groups excluding carboxylic acids is 2. The van der Waals surface area contributed by atoms with Crippen molar-refractivity contribution >= 4 is 11.9 Å². The van der Waals surface area contributed by atoms with Crippen molar-refractivity contribution in [3.63, 3.8) is 0 Å². The number of hydrogen-bond donors (Lipinski definition) is 7. The Morgan fingerprint density at radius 1 is 0.457 bits per heavy atom. The van der Waals surface area contributed by atoms with E-state index in [-0.39, 0.29) is 12.8 Å². The smallest absolute Gasteiger partial charge is 0.309 e. The first-order valence-corrected chi connectivity index (χ1v) is 24.8. The van der Waals surface area contributed by atoms with Gasteiger partial charge in [-0.15, -0.1) is 0 Å². The maximum Gasteiger partial charge on any atom is 0.309 e. The first-order chi connectivity index (χ1) is 34.0. The molecule has 7 N–H and O–H groups in total. The van der Waals surface area contributed by atoms with Gasteiger partial charge in [-0.05, 0) is 77.0 Å². The summed E-state index contributed by atoms with van der Waals surface area (Å²) in [6, 6.07) is 0. The third-order valence-corrected chi connectivity index (χ3v) is 10.7. The lowest BCUT2D eigenvalue weighted by molar-refractivity contribution is -0.332. The normalized spacial score (nSPS) is 26.5. The number of ether oxygens (including phenoxy) is 6. The Morgan fingerprint density at radius 3 is 1.29 bits per heavy atom. The van der Waals surface area contributed by atoms with Crippen LogP contribution in [0.25, 0.3) is 0 Å².